The molecule has 0 atom stereocenters. The monoisotopic (exact) mass is 275 g/mol. The average molecular weight is 275 g/mol. The van der Waals surface area contributed by atoms with Crippen LogP contribution in [-0.2, 0) is 12.7 Å². The Morgan fingerprint density at radius 1 is 1.17 bits per heavy atom. The molecular formula is C8H7F6N3O. The van der Waals surface area contributed by atoms with Crippen molar-refractivity contribution in [3.63, 3.8) is 0 Å². The Morgan fingerprint density at radius 2 is 1.72 bits per heavy atom. The van der Waals surface area contributed by atoms with Crippen molar-refractivity contribution in [3.8, 4) is 5.75 Å². The van der Waals surface area contributed by atoms with E-state index in [-0.39, 0.29) is 6.20 Å². The van der Waals surface area contributed by atoms with Gasteiger partial charge in [-0.05, 0) is 0 Å². The number of ether oxygens (including phenoxy) is 1. The number of halogens is 6. The molecule has 4 nitrogen and oxygen atoms in total. The topological polar surface area (TPSA) is 74.2 Å². The number of nitrogen functional groups attached to an aromatic ring is 1. The summed E-state index contributed by atoms with van der Waals surface area (Å²) in [6, 6.07) is 0. The van der Waals surface area contributed by atoms with Gasteiger partial charge in [-0.1, -0.05) is 0 Å². The molecule has 10 heteroatoms. The normalized spacial score (nSPS) is 12.6. The van der Waals surface area contributed by atoms with Crippen LogP contribution >= 0.6 is 0 Å². The standard InChI is InChI=1S/C8H7F6N3O/c9-7(10,11)6-3(1-15)5(16)4(2-17-6)18-8(12,13)14/h2H,1,15H2,(H2,16,17). The van der Waals surface area contributed by atoms with Crippen molar-refractivity contribution < 1.29 is 31.1 Å². The number of rotatable bonds is 2. The zero-order valence-corrected chi connectivity index (χ0v) is 8.56. The smallest absolute Gasteiger partial charge is 0.402 e. The van der Waals surface area contributed by atoms with Gasteiger partial charge < -0.3 is 16.2 Å². The highest BCUT2D eigenvalue weighted by atomic mass is 19.4. The van der Waals surface area contributed by atoms with Crippen molar-refractivity contribution in [2.75, 3.05) is 5.73 Å². The predicted molar refractivity (Wildman–Crippen MR) is 48.2 cm³/mol. The van der Waals surface area contributed by atoms with Gasteiger partial charge in [0.05, 0.1) is 11.9 Å². The first-order chi connectivity index (χ1) is 8.06. The molecule has 1 aromatic rings. The summed E-state index contributed by atoms with van der Waals surface area (Å²) in [4.78, 5) is 2.86. The van der Waals surface area contributed by atoms with Gasteiger partial charge in [0.1, 0.15) is 0 Å². The van der Waals surface area contributed by atoms with Crippen molar-refractivity contribution in [3.05, 3.63) is 17.5 Å². The molecule has 0 aliphatic carbocycles. The van der Waals surface area contributed by atoms with Gasteiger partial charge in [-0.3, -0.25) is 0 Å². The van der Waals surface area contributed by atoms with Crippen LogP contribution in [0.5, 0.6) is 5.75 Å². The van der Waals surface area contributed by atoms with E-state index in [2.05, 4.69) is 9.72 Å². The molecule has 4 N–H and O–H groups in total. The van der Waals surface area contributed by atoms with Gasteiger partial charge >= 0.3 is 12.5 Å². The Balaban J connectivity index is 3.29. The predicted octanol–water partition coefficient (Wildman–Crippen LogP) is 2.04. The molecule has 0 aliphatic rings. The molecule has 1 rings (SSSR count). The summed E-state index contributed by atoms with van der Waals surface area (Å²) in [6.45, 7) is -0.720. The minimum atomic E-state index is -5.08. The lowest BCUT2D eigenvalue weighted by atomic mass is 10.1. The number of hydrogen-bond donors (Lipinski definition) is 2. The van der Waals surface area contributed by atoms with Crippen LogP contribution in [0.2, 0.25) is 0 Å². The molecule has 0 unspecified atom stereocenters. The fourth-order valence-corrected chi connectivity index (χ4v) is 1.20. The van der Waals surface area contributed by atoms with E-state index in [4.69, 9.17) is 11.5 Å². The maximum atomic E-state index is 12.4. The van der Waals surface area contributed by atoms with Gasteiger partial charge in [0.2, 0.25) is 0 Å². The molecule has 0 fully saturated rings. The second-order valence-corrected chi connectivity index (χ2v) is 3.11. The van der Waals surface area contributed by atoms with E-state index in [1.165, 1.54) is 0 Å². The van der Waals surface area contributed by atoms with Crippen LogP contribution in [-0.4, -0.2) is 11.3 Å². The number of anilines is 1. The number of alkyl halides is 6. The molecule has 0 bridgehead atoms. The van der Waals surface area contributed by atoms with Gasteiger partial charge in [0.25, 0.3) is 0 Å². The summed E-state index contributed by atoms with van der Waals surface area (Å²) < 4.78 is 76.6. The third-order valence-corrected chi connectivity index (χ3v) is 1.89. The van der Waals surface area contributed by atoms with E-state index < -0.39 is 41.8 Å². The van der Waals surface area contributed by atoms with Gasteiger partial charge in [-0.15, -0.1) is 13.2 Å². The third kappa shape index (κ3) is 3.15. The molecule has 0 spiro atoms. The van der Waals surface area contributed by atoms with E-state index in [0.717, 1.165) is 0 Å². The van der Waals surface area contributed by atoms with Gasteiger partial charge in [0.15, 0.2) is 11.4 Å². The minimum Gasteiger partial charge on any atom is -0.402 e. The second-order valence-electron chi connectivity index (χ2n) is 3.11. The Kier molecular flexibility index (Phi) is 3.60. The summed E-state index contributed by atoms with van der Waals surface area (Å²) in [5.74, 6) is -1.02. The van der Waals surface area contributed by atoms with Crippen LogP contribution in [0.15, 0.2) is 6.20 Å². The number of hydrogen-bond acceptors (Lipinski definition) is 4. The summed E-state index contributed by atoms with van der Waals surface area (Å²) in [7, 11) is 0. The third-order valence-electron chi connectivity index (χ3n) is 1.89. The number of nitrogens with zero attached hydrogens (tertiary/aromatic N) is 1. The van der Waals surface area contributed by atoms with E-state index in [1.807, 2.05) is 0 Å². The van der Waals surface area contributed by atoms with Crippen LogP contribution in [0.1, 0.15) is 11.3 Å². The SMILES string of the molecule is NCc1c(C(F)(F)F)ncc(OC(F)(F)F)c1N. The van der Waals surface area contributed by atoms with Crippen LogP contribution < -0.4 is 16.2 Å². The minimum absolute atomic E-state index is 0.255. The number of nitrogens with two attached hydrogens (primary N) is 2. The van der Waals surface area contributed by atoms with E-state index in [1.54, 1.807) is 0 Å². The van der Waals surface area contributed by atoms with E-state index in [9.17, 15) is 26.3 Å². The highest BCUT2D eigenvalue weighted by Gasteiger charge is 2.38. The number of aromatic nitrogens is 1. The van der Waals surface area contributed by atoms with Gasteiger partial charge in [-0.25, -0.2) is 4.98 Å². The van der Waals surface area contributed by atoms with Crippen LogP contribution in [0.3, 0.4) is 0 Å². The Bertz CT molecular complexity index is 442. The molecule has 1 heterocycles. The first-order valence-corrected chi connectivity index (χ1v) is 4.36. The van der Waals surface area contributed by atoms with E-state index in [0.29, 0.717) is 0 Å². The highest BCUT2D eigenvalue weighted by Crippen LogP contribution is 2.37. The Morgan fingerprint density at radius 3 is 2.11 bits per heavy atom. The average Bonchev–Trinajstić information content (AvgIpc) is 2.17. The molecule has 102 valence electrons. The zero-order chi connectivity index (χ0) is 14.1. The van der Waals surface area contributed by atoms with Crippen molar-refractivity contribution >= 4 is 5.69 Å². The Labute approximate surface area is 96.5 Å². The second kappa shape index (κ2) is 4.52. The molecule has 0 saturated carbocycles. The fraction of sp³-hybridized carbons (Fsp3) is 0.375. The molecule has 0 amide bonds. The van der Waals surface area contributed by atoms with Crippen molar-refractivity contribution in [1.82, 2.24) is 4.98 Å². The van der Waals surface area contributed by atoms with Crippen molar-refractivity contribution in [2.24, 2.45) is 5.73 Å². The molecular weight excluding hydrogens is 268 g/mol. The lowest BCUT2D eigenvalue weighted by Crippen LogP contribution is -2.21. The molecule has 1 aromatic heterocycles. The van der Waals surface area contributed by atoms with Crippen molar-refractivity contribution in [2.45, 2.75) is 19.1 Å². The maximum Gasteiger partial charge on any atom is 0.573 e. The van der Waals surface area contributed by atoms with Crippen LogP contribution in [0.25, 0.3) is 0 Å². The first kappa shape index (κ1) is 14.4. The largest absolute Gasteiger partial charge is 0.573 e. The summed E-state index contributed by atoms with van der Waals surface area (Å²) in [5, 5.41) is 0. The van der Waals surface area contributed by atoms with E-state index >= 15 is 0 Å². The van der Waals surface area contributed by atoms with Crippen molar-refractivity contribution in [1.29, 1.82) is 0 Å². The summed E-state index contributed by atoms with van der Waals surface area (Å²) >= 11 is 0. The molecule has 18 heavy (non-hydrogen) atoms. The first-order valence-electron chi connectivity index (χ1n) is 4.36. The fourth-order valence-electron chi connectivity index (χ4n) is 1.20. The van der Waals surface area contributed by atoms with Gasteiger partial charge in [-0.2, -0.15) is 13.2 Å². The molecule has 0 saturated heterocycles. The van der Waals surface area contributed by atoms with Crippen LogP contribution in [0.4, 0.5) is 32.0 Å². The molecule has 0 aliphatic heterocycles. The maximum absolute atomic E-state index is 12.4. The lowest BCUT2D eigenvalue weighted by molar-refractivity contribution is -0.274. The summed E-state index contributed by atoms with van der Waals surface area (Å²) in [6.07, 6.45) is -9.69. The quantitative estimate of drug-likeness (QED) is 0.810. The molecule has 0 radical (unpaired) electrons. The molecule has 0 aromatic carbocycles. The summed E-state index contributed by atoms with van der Waals surface area (Å²) in [5.41, 5.74) is 7.16. The van der Waals surface area contributed by atoms with Gasteiger partial charge in [0, 0.05) is 12.1 Å². The Hall–Kier alpha value is -1.71. The van der Waals surface area contributed by atoms with Crippen LogP contribution in [0, 0.1) is 0 Å². The number of pyridine rings is 1. The zero-order valence-electron chi connectivity index (χ0n) is 8.56. The highest BCUT2D eigenvalue weighted by molar-refractivity contribution is 5.59. The lowest BCUT2D eigenvalue weighted by Gasteiger charge is -2.16.